The van der Waals surface area contributed by atoms with Crippen LogP contribution in [0.2, 0.25) is 5.02 Å². The Morgan fingerprint density at radius 3 is 2.58 bits per heavy atom. The van der Waals surface area contributed by atoms with Crippen molar-refractivity contribution in [3.63, 3.8) is 0 Å². The van der Waals surface area contributed by atoms with Crippen LogP contribution in [0.4, 0.5) is 0 Å². The van der Waals surface area contributed by atoms with E-state index in [4.69, 9.17) is 11.6 Å². The SMILES string of the molecule is CN1CCC(c2ccc(C3CCNCC3)cc2Cl)C1. The first-order chi connectivity index (χ1) is 9.24. The minimum absolute atomic E-state index is 0.625. The lowest BCUT2D eigenvalue weighted by molar-refractivity contribution is 0.411. The first kappa shape index (κ1) is 13.4. The van der Waals surface area contributed by atoms with Gasteiger partial charge < -0.3 is 10.2 Å². The van der Waals surface area contributed by atoms with Gasteiger partial charge in [-0.25, -0.2) is 0 Å². The summed E-state index contributed by atoms with van der Waals surface area (Å²) in [6.45, 7) is 4.61. The molecule has 0 spiro atoms. The van der Waals surface area contributed by atoms with E-state index in [9.17, 15) is 0 Å². The number of rotatable bonds is 2. The maximum atomic E-state index is 6.54. The van der Waals surface area contributed by atoms with Gasteiger partial charge in [0, 0.05) is 11.6 Å². The molecular weight excluding hydrogens is 256 g/mol. The number of nitrogens with one attached hydrogen (secondary N) is 1. The summed E-state index contributed by atoms with van der Waals surface area (Å²) in [6, 6.07) is 6.82. The molecular formula is C16H23ClN2. The van der Waals surface area contributed by atoms with Gasteiger partial charge in [-0.3, -0.25) is 0 Å². The van der Waals surface area contributed by atoms with Crippen molar-refractivity contribution in [2.75, 3.05) is 33.2 Å². The Labute approximate surface area is 121 Å². The van der Waals surface area contributed by atoms with Crippen LogP contribution in [-0.2, 0) is 0 Å². The minimum atomic E-state index is 0.625. The lowest BCUT2D eigenvalue weighted by Gasteiger charge is -2.24. The van der Waals surface area contributed by atoms with E-state index in [2.05, 4.69) is 35.5 Å². The largest absolute Gasteiger partial charge is 0.317 e. The average molecular weight is 279 g/mol. The third kappa shape index (κ3) is 2.96. The molecule has 1 atom stereocenters. The molecule has 19 heavy (non-hydrogen) atoms. The number of likely N-dealkylation sites (N-methyl/N-ethyl adjacent to an activating group) is 1. The Morgan fingerprint density at radius 1 is 1.16 bits per heavy atom. The summed E-state index contributed by atoms with van der Waals surface area (Å²) in [5, 5.41) is 4.40. The molecule has 2 aliphatic rings. The predicted octanol–water partition coefficient (Wildman–Crippen LogP) is 3.23. The van der Waals surface area contributed by atoms with Crippen molar-refractivity contribution in [2.24, 2.45) is 0 Å². The standard InChI is InChI=1S/C16H23ClN2/c1-19-9-6-14(11-19)15-3-2-13(10-16(15)17)12-4-7-18-8-5-12/h2-3,10,12,14,18H,4-9,11H2,1H3. The fourth-order valence-electron chi connectivity index (χ4n) is 3.47. The van der Waals surface area contributed by atoms with E-state index in [-0.39, 0.29) is 0 Å². The third-order valence-electron chi connectivity index (χ3n) is 4.67. The van der Waals surface area contributed by atoms with Gasteiger partial charge in [-0.2, -0.15) is 0 Å². The Bertz CT molecular complexity index is 440. The lowest BCUT2D eigenvalue weighted by Crippen LogP contribution is -2.26. The lowest BCUT2D eigenvalue weighted by atomic mass is 9.88. The number of benzene rings is 1. The molecule has 2 nitrogen and oxygen atoms in total. The Hall–Kier alpha value is -0.570. The molecule has 1 aromatic rings. The van der Waals surface area contributed by atoms with Crippen LogP contribution < -0.4 is 5.32 Å². The summed E-state index contributed by atoms with van der Waals surface area (Å²) < 4.78 is 0. The van der Waals surface area contributed by atoms with Gasteiger partial charge in [0.2, 0.25) is 0 Å². The average Bonchev–Trinajstić information content (AvgIpc) is 2.86. The first-order valence-electron chi connectivity index (χ1n) is 7.42. The zero-order valence-corrected chi connectivity index (χ0v) is 12.4. The normalized spacial score (nSPS) is 25.9. The molecule has 2 saturated heterocycles. The Balaban J connectivity index is 1.77. The van der Waals surface area contributed by atoms with Crippen LogP contribution in [0.1, 0.15) is 42.2 Å². The van der Waals surface area contributed by atoms with Crippen LogP contribution in [0.5, 0.6) is 0 Å². The van der Waals surface area contributed by atoms with Crippen molar-refractivity contribution < 1.29 is 0 Å². The van der Waals surface area contributed by atoms with Crippen LogP contribution in [0, 0.1) is 0 Å². The molecule has 0 saturated carbocycles. The highest BCUT2D eigenvalue weighted by Gasteiger charge is 2.24. The van der Waals surface area contributed by atoms with Crippen LogP contribution >= 0.6 is 11.6 Å². The van der Waals surface area contributed by atoms with Gasteiger partial charge in [0.05, 0.1) is 0 Å². The van der Waals surface area contributed by atoms with E-state index < -0.39 is 0 Å². The highest BCUT2D eigenvalue weighted by atomic mass is 35.5. The Morgan fingerprint density at radius 2 is 1.95 bits per heavy atom. The highest BCUT2D eigenvalue weighted by Crippen LogP contribution is 2.35. The molecule has 0 aliphatic carbocycles. The molecule has 0 amide bonds. The van der Waals surface area contributed by atoms with Crippen molar-refractivity contribution in [2.45, 2.75) is 31.1 Å². The zero-order chi connectivity index (χ0) is 13.2. The first-order valence-corrected chi connectivity index (χ1v) is 7.80. The van der Waals surface area contributed by atoms with Crippen molar-refractivity contribution >= 4 is 11.6 Å². The maximum Gasteiger partial charge on any atom is 0.0444 e. The maximum absolute atomic E-state index is 6.54. The molecule has 0 radical (unpaired) electrons. The second kappa shape index (κ2) is 5.82. The highest BCUT2D eigenvalue weighted by molar-refractivity contribution is 6.31. The fraction of sp³-hybridized carbons (Fsp3) is 0.625. The van der Waals surface area contributed by atoms with Gasteiger partial charge in [-0.1, -0.05) is 23.7 Å². The van der Waals surface area contributed by atoms with E-state index in [1.54, 1.807) is 0 Å². The van der Waals surface area contributed by atoms with E-state index in [0.29, 0.717) is 11.8 Å². The van der Waals surface area contributed by atoms with Gasteiger partial charge in [-0.05, 0) is 75.0 Å². The van der Waals surface area contributed by atoms with Crippen LogP contribution in [0.25, 0.3) is 0 Å². The van der Waals surface area contributed by atoms with Crippen molar-refractivity contribution in [3.8, 4) is 0 Å². The van der Waals surface area contributed by atoms with E-state index in [1.807, 2.05) is 0 Å². The molecule has 0 bridgehead atoms. The molecule has 3 heteroatoms. The molecule has 1 unspecified atom stereocenters. The molecule has 2 fully saturated rings. The molecule has 2 aliphatic heterocycles. The number of likely N-dealkylation sites (tertiary alicyclic amines) is 1. The van der Waals surface area contributed by atoms with E-state index >= 15 is 0 Å². The zero-order valence-electron chi connectivity index (χ0n) is 11.7. The molecule has 3 rings (SSSR count). The third-order valence-corrected chi connectivity index (χ3v) is 4.99. The molecule has 104 valence electrons. The van der Waals surface area contributed by atoms with Crippen LogP contribution in [-0.4, -0.2) is 38.1 Å². The summed E-state index contributed by atoms with van der Waals surface area (Å²) in [4.78, 5) is 2.39. The second-order valence-electron chi connectivity index (χ2n) is 6.05. The van der Waals surface area contributed by atoms with E-state index in [0.717, 1.165) is 24.7 Å². The van der Waals surface area contributed by atoms with Crippen LogP contribution in [0.15, 0.2) is 18.2 Å². The summed E-state index contributed by atoms with van der Waals surface area (Å²) in [6.07, 6.45) is 3.71. The van der Waals surface area contributed by atoms with Crippen molar-refractivity contribution in [1.82, 2.24) is 10.2 Å². The minimum Gasteiger partial charge on any atom is -0.317 e. The monoisotopic (exact) mass is 278 g/mol. The summed E-state index contributed by atoms with van der Waals surface area (Å²) in [7, 11) is 2.19. The van der Waals surface area contributed by atoms with Gasteiger partial charge in [0.15, 0.2) is 0 Å². The van der Waals surface area contributed by atoms with Gasteiger partial charge >= 0.3 is 0 Å². The summed E-state index contributed by atoms with van der Waals surface area (Å²) in [5.74, 6) is 1.32. The van der Waals surface area contributed by atoms with Crippen molar-refractivity contribution in [3.05, 3.63) is 34.3 Å². The predicted molar refractivity (Wildman–Crippen MR) is 81.2 cm³/mol. The number of piperidine rings is 1. The number of hydrogen-bond donors (Lipinski definition) is 1. The molecule has 0 aromatic heterocycles. The van der Waals surface area contributed by atoms with Gasteiger partial charge in [-0.15, -0.1) is 0 Å². The second-order valence-corrected chi connectivity index (χ2v) is 6.46. The molecule has 2 heterocycles. The Kier molecular flexibility index (Phi) is 4.11. The summed E-state index contributed by atoms with van der Waals surface area (Å²) in [5.41, 5.74) is 2.78. The topological polar surface area (TPSA) is 15.3 Å². The fourth-order valence-corrected chi connectivity index (χ4v) is 3.82. The van der Waals surface area contributed by atoms with Crippen LogP contribution in [0.3, 0.4) is 0 Å². The quantitative estimate of drug-likeness (QED) is 0.894. The van der Waals surface area contributed by atoms with E-state index in [1.165, 1.54) is 36.9 Å². The number of hydrogen-bond acceptors (Lipinski definition) is 2. The molecule has 1 N–H and O–H groups in total. The smallest absolute Gasteiger partial charge is 0.0444 e. The van der Waals surface area contributed by atoms with Gasteiger partial charge in [0.25, 0.3) is 0 Å². The molecule has 1 aromatic carbocycles. The number of halogens is 1. The van der Waals surface area contributed by atoms with Crippen molar-refractivity contribution in [1.29, 1.82) is 0 Å². The number of nitrogens with zero attached hydrogens (tertiary/aromatic N) is 1. The summed E-state index contributed by atoms with van der Waals surface area (Å²) >= 11 is 6.54. The van der Waals surface area contributed by atoms with Gasteiger partial charge in [0.1, 0.15) is 0 Å².